The van der Waals surface area contributed by atoms with Gasteiger partial charge in [0.15, 0.2) is 0 Å². The van der Waals surface area contributed by atoms with Gasteiger partial charge in [-0.3, -0.25) is 4.79 Å². The number of anilines is 1. The molecule has 110 valence electrons. The van der Waals surface area contributed by atoms with Crippen LogP contribution >= 0.6 is 15.9 Å². The maximum Gasteiger partial charge on any atom is 0.247 e. The lowest BCUT2D eigenvalue weighted by atomic mass is 9.90. The van der Waals surface area contributed by atoms with Crippen LogP contribution in [0.25, 0.3) is 0 Å². The van der Waals surface area contributed by atoms with Crippen LogP contribution in [0.3, 0.4) is 0 Å². The minimum absolute atomic E-state index is 0.121. The zero-order valence-corrected chi connectivity index (χ0v) is 12.7. The van der Waals surface area contributed by atoms with E-state index in [1.807, 2.05) is 0 Å². The Labute approximate surface area is 129 Å². The van der Waals surface area contributed by atoms with Crippen molar-refractivity contribution in [2.24, 2.45) is 5.73 Å². The highest BCUT2D eigenvalue weighted by Gasteiger charge is 2.34. The second-order valence-corrected chi connectivity index (χ2v) is 5.69. The minimum atomic E-state index is -1.43. The molecule has 3 nitrogen and oxygen atoms in total. The summed E-state index contributed by atoms with van der Waals surface area (Å²) in [5.41, 5.74) is 4.71. The van der Waals surface area contributed by atoms with Gasteiger partial charge in [-0.2, -0.15) is 0 Å². The Morgan fingerprint density at radius 2 is 1.67 bits per heavy atom. The molecule has 0 bridgehead atoms. The lowest BCUT2D eigenvalue weighted by Gasteiger charge is -2.29. The van der Waals surface area contributed by atoms with Gasteiger partial charge in [0.05, 0.1) is 0 Å². The molecule has 0 saturated heterocycles. The van der Waals surface area contributed by atoms with Crippen LogP contribution in [0.1, 0.15) is 12.5 Å². The van der Waals surface area contributed by atoms with E-state index in [4.69, 9.17) is 5.73 Å². The molecule has 21 heavy (non-hydrogen) atoms. The summed E-state index contributed by atoms with van der Waals surface area (Å²) >= 11 is 3.30. The fourth-order valence-electron chi connectivity index (χ4n) is 1.94. The topological polar surface area (TPSA) is 55.1 Å². The third-order valence-electron chi connectivity index (χ3n) is 3.17. The van der Waals surface area contributed by atoms with Crippen LogP contribution in [0.2, 0.25) is 0 Å². The number of primary amides is 1. The number of amides is 1. The van der Waals surface area contributed by atoms with Gasteiger partial charge in [-0.15, -0.1) is 0 Å². The number of rotatable bonds is 4. The highest BCUT2D eigenvalue weighted by molar-refractivity contribution is 9.10. The predicted octanol–water partition coefficient (Wildman–Crippen LogP) is 3.54. The number of hydrogen-bond acceptors (Lipinski definition) is 2. The Bertz CT molecular complexity index is 656. The van der Waals surface area contributed by atoms with Crippen molar-refractivity contribution >= 4 is 27.5 Å². The zero-order valence-electron chi connectivity index (χ0n) is 11.2. The molecule has 3 N–H and O–H groups in total. The number of carbonyl (C=O) groups excluding carboxylic acids is 1. The second-order valence-electron chi connectivity index (χ2n) is 4.78. The number of halogens is 3. The van der Waals surface area contributed by atoms with Crippen LogP contribution in [0.5, 0.6) is 0 Å². The van der Waals surface area contributed by atoms with E-state index in [9.17, 15) is 13.6 Å². The highest BCUT2D eigenvalue weighted by Crippen LogP contribution is 2.28. The lowest BCUT2D eigenvalue weighted by molar-refractivity contribution is -0.122. The van der Waals surface area contributed by atoms with E-state index in [-0.39, 0.29) is 5.56 Å². The van der Waals surface area contributed by atoms with Gasteiger partial charge < -0.3 is 11.1 Å². The summed E-state index contributed by atoms with van der Waals surface area (Å²) in [6.07, 6.45) is 0. The molecule has 1 amide bonds. The maximum absolute atomic E-state index is 13.4. The first-order valence-corrected chi connectivity index (χ1v) is 6.91. The van der Waals surface area contributed by atoms with E-state index in [1.54, 1.807) is 24.3 Å². The summed E-state index contributed by atoms with van der Waals surface area (Å²) in [7, 11) is 0. The van der Waals surface area contributed by atoms with Gasteiger partial charge in [-0.1, -0.05) is 15.9 Å². The van der Waals surface area contributed by atoms with Crippen molar-refractivity contribution in [3.8, 4) is 0 Å². The standard InChI is InChI=1S/C15H13BrF2N2O/c1-15(14(19)21,9-6-11(17)8-12(18)7-9)20-13-4-2-10(16)3-5-13/h2-8,20H,1H3,(H2,19,21). The van der Waals surface area contributed by atoms with Crippen molar-refractivity contribution in [2.45, 2.75) is 12.5 Å². The predicted molar refractivity (Wildman–Crippen MR) is 80.7 cm³/mol. The van der Waals surface area contributed by atoms with E-state index in [0.29, 0.717) is 5.69 Å². The molecule has 0 aliphatic heterocycles. The van der Waals surface area contributed by atoms with E-state index >= 15 is 0 Å². The van der Waals surface area contributed by atoms with Gasteiger partial charge in [-0.25, -0.2) is 8.78 Å². The van der Waals surface area contributed by atoms with E-state index in [0.717, 1.165) is 22.7 Å². The number of nitrogens with one attached hydrogen (secondary N) is 1. The zero-order chi connectivity index (χ0) is 15.6. The fourth-order valence-corrected chi connectivity index (χ4v) is 2.20. The summed E-state index contributed by atoms with van der Waals surface area (Å²) in [4.78, 5) is 11.8. The van der Waals surface area contributed by atoms with Crippen LogP contribution < -0.4 is 11.1 Å². The number of carbonyl (C=O) groups is 1. The second kappa shape index (κ2) is 5.81. The van der Waals surface area contributed by atoms with E-state index < -0.39 is 23.1 Å². The first-order chi connectivity index (χ1) is 9.81. The van der Waals surface area contributed by atoms with Gasteiger partial charge in [0.1, 0.15) is 17.2 Å². The molecular weight excluding hydrogens is 342 g/mol. The molecule has 0 aliphatic carbocycles. The SMILES string of the molecule is CC(Nc1ccc(Br)cc1)(C(N)=O)c1cc(F)cc(F)c1. The van der Waals surface area contributed by atoms with Crippen molar-refractivity contribution in [1.82, 2.24) is 0 Å². The molecule has 1 unspecified atom stereocenters. The molecule has 0 aromatic heterocycles. The fraction of sp³-hybridized carbons (Fsp3) is 0.133. The van der Waals surface area contributed by atoms with Gasteiger partial charge in [-0.05, 0) is 48.9 Å². The molecule has 0 heterocycles. The summed E-state index contributed by atoms with van der Waals surface area (Å²) in [6, 6.07) is 9.90. The molecular formula is C15H13BrF2N2O. The Kier molecular flexibility index (Phi) is 4.27. The molecule has 1 atom stereocenters. The van der Waals surface area contributed by atoms with Crippen LogP contribution in [0.4, 0.5) is 14.5 Å². The average molecular weight is 355 g/mol. The molecule has 0 fully saturated rings. The Morgan fingerprint density at radius 3 is 2.14 bits per heavy atom. The Morgan fingerprint density at radius 1 is 1.14 bits per heavy atom. The Balaban J connectivity index is 2.44. The number of hydrogen-bond donors (Lipinski definition) is 2. The van der Waals surface area contributed by atoms with E-state index in [1.165, 1.54) is 6.92 Å². The molecule has 6 heteroatoms. The largest absolute Gasteiger partial charge is 0.368 e. The summed E-state index contributed by atoms with van der Waals surface area (Å²) in [5.74, 6) is -2.28. The van der Waals surface area contributed by atoms with Crippen LogP contribution in [0, 0.1) is 11.6 Å². The average Bonchev–Trinajstić information content (AvgIpc) is 2.40. The summed E-state index contributed by atoms with van der Waals surface area (Å²) in [5, 5.41) is 2.92. The lowest BCUT2D eigenvalue weighted by Crippen LogP contribution is -2.45. The summed E-state index contributed by atoms with van der Waals surface area (Å²) in [6.45, 7) is 1.48. The Hall–Kier alpha value is -1.95. The van der Waals surface area contributed by atoms with Crippen molar-refractivity contribution in [3.63, 3.8) is 0 Å². The van der Waals surface area contributed by atoms with Gasteiger partial charge in [0.2, 0.25) is 5.91 Å². The monoisotopic (exact) mass is 354 g/mol. The van der Waals surface area contributed by atoms with Gasteiger partial charge >= 0.3 is 0 Å². The molecule has 2 rings (SSSR count). The minimum Gasteiger partial charge on any atom is -0.368 e. The first kappa shape index (κ1) is 15.4. The van der Waals surface area contributed by atoms with Crippen molar-refractivity contribution in [1.29, 1.82) is 0 Å². The third kappa shape index (κ3) is 3.39. The van der Waals surface area contributed by atoms with Gasteiger partial charge in [0.25, 0.3) is 0 Å². The van der Waals surface area contributed by atoms with Crippen LogP contribution in [-0.4, -0.2) is 5.91 Å². The maximum atomic E-state index is 13.4. The van der Waals surface area contributed by atoms with Crippen LogP contribution in [0.15, 0.2) is 46.9 Å². The third-order valence-corrected chi connectivity index (χ3v) is 3.70. The smallest absolute Gasteiger partial charge is 0.247 e. The quantitative estimate of drug-likeness (QED) is 0.882. The number of nitrogens with two attached hydrogens (primary N) is 1. The van der Waals surface area contributed by atoms with Gasteiger partial charge in [0, 0.05) is 16.2 Å². The van der Waals surface area contributed by atoms with E-state index in [2.05, 4.69) is 21.2 Å². The first-order valence-electron chi connectivity index (χ1n) is 6.11. The molecule has 0 saturated carbocycles. The molecule has 2 aromatic carbocycles. The number of benzene rings is 2. The molecule has 0 aliphatic rings. The van der Waals surface area contributed by atoms with Crippen LogP contribution in [-0.2, 0) is 10.3 Å². The summed E-state index contributed by atoms with van der Waals surface area (Å²) < 4.78 is 27.6. The normalized spacial score (nSPS) is 13.5. The van der Waals surface area contributed by atoms with Crippen molar-refractivity contribution < 1.29 is 13.6 Å². The van der Waals surface area contributed by atoms with Crippen molar-refractivity contribution in [2.75, 3.05) is 5.32 Å². The molecule has 2 aromatic rings. The van der Waals surface area contributed by atoms with Crippen molar-refractivity contribution in [3.05, 3.63) is 64.1 Å². The molecule has 0 spiro atoms. The highest BCUT2D eigenvalue weighted by atomic mass is 79.9. The molecule has 0 radical (unpaired) electrons.